The van der Waals surface area contributed by atoms with E-state index in [-0.39, 0.29) is 11.8 Å². The molecule has 2 aliphatic rings. The smallest absolute Gasteiger partial charge is 0.253 e. The van der Waals surface area contributed by atoms with Crippen LogP contribution in [-0.4, -0.2) is 34.0 Å². The van der Waals surface area contributed by atoms with Gasteiger partial charge < -0.3 is 15.2 Å². The summed E-state index contributed by atoms with van der Waals surface area (Å²) in [5.74, 6) is 1.28. The summed E-state index contributed by atoms with van der Waals surface area (Å²) in [4.78, 5) is 19.1. The number of carbonyl (C=O) groups is 1. The van der Waals surface area contributed by atoms with Crippen molar-refractivity contribution < 1.29 is 9.32 Å². The molecular weight excluding hydrogens is 340 g/mol. The van der Waals surface area contributed by atoms with Gasteiger partial charge in [0.2, 0.25) is 5.89 Å². The van der Waals surface area contributed by atoms with Gasteiger partial charge >= 0.3 is 0 Å². The highest BCUT2D eigenvalue weighted by Crippen LogP contribution is 2.38. The molecule has 1 amide bonds. The summed E-state index contributed by atoms with van der Waals surface area (Å²) in [6.45, 7) is 1.32. The molecule has 1 aromatic carbocycles. The number of likely N-dealkylation sites (tertiary alicyclic amines) is 1. The van der Waals surface area contributed by atoms with Gasteiger partial charge in [-0.2, -0.15) is 4.98 Å². The van der Waals surface area contributed by atoms with Gasteiger partial charge in [0, 0.05) is 23.7 Å². The molecule has 1 saturated carbocycles. The number of nitrogens with zero attached hydrogens (tertiary/aromatic N) is 3. The van der Waals surface area contributed by atoms with Crippen molar-refractivity contribution in [1.82, 2.24) is 15.0 Å². The number of amides is 1. The summed E-state index contributed by atoms with van der Waals surface area (Å²) in [7, 11) is 0. The van der Waals surface area contributed by atoms with Crippen LogP contribution in [0.2, 0.25) is 5.02 Å². The van der Waals surface area contributed by atoms with Crippen LogP contribution in [0.4, 0.5) is 0 Å². The van der Waals surface area contributed by atoms with Gasteiger partial charge in [-0.1, -0.05) is 16.8 Å². The number of benzene rings is 1. The third-order valence-electron chi connectivity index (χ3n) is 5.28. The van der Waals surface area contributed by atoms with E-state index in [9.17, 15) is 4.79 Å². The fourth-order valence-electron chi connectivity index (χ4n) is 3.52. The highest BCUT2D eigenvalue weighted by molar-refractivity contribution is 6.30. The topological polar surface area (TPSA) is 85.2 Å². The zero-order chi connectivity index (χ0) is 17.4. The number of rotatable bonds is 3. The molecule has 2 heterocycles. The van der Waals surface area contributed by atoms with Crippen molar-refractivity contribution in [3.8, 4) is 0 Å². The Morgan fingerprint density at radius 3 is 2.72 bits per heavy atom. The molecule has 2 N–H and O–H groups in total. The molecule has 1 aliphatic heterocycles. The minimum atomic E-state index is -0.421. The van der Waals surface area contributed by atoms with E-state index in [0.29, 0.717) is 28.8 Å². The van der Waals surface area contributed by atoms with Crippen molar-refractivity contribution in [3.05, 3.63) is 46.6 Å². The molecule has 1 saturated heterocycles. The molecule has 2 fully saturated rings. The molecule has 4 rings (SSSR count). The second-order valence-corrected chi connectivity index (χ2v) is 7.50. The van der Waals surface area contributed by atoms with Crippen LogP contribution in [0.3, 0.4) is 0 Å². The summed E-state index contributed by atoms with van der Waals surface area (Å²) >= 11 is 5.90. The van der Waals surface area contributed by atoms with Gasteiger partial charge in [-0.25, -0.2) is 0 Å². The first-order valence-electron chi connectivity index (χ1n) is 8.73. The van der Waals surface area contributed by atoms with Crippen LogP contribution >= 0.6 is 11.6 Å². The molecule has 2 aromatic rings. The van der Waals surface area contributed by atoms with Crippen molar-refractivity contribution >= 4 is 17.5 Å². The maximum Gasteiger partial charge on any atom is 0.253 e. The monoisotopic (exact) mass is 360 g/mol. The lowest BCUT2D eigenvalue weighted by molar-refractivity contribution is 0.0695. The zero-order valence-corrected chi connectivity index (χ0v) is 14.7. The second-order valence-electron chi connectivity index (χ2n) is 7.06. The number of halogens is 1. The van der Waals surface area contributed by atoms with E-state index in [2.05, 4.69) is 10.1 Å². The standard InChI is InChI=1S/C18H21ClN4O2/c19-14-6-4-12(5-7-14)16(24)23-10-1-3-13(11-23)15-21-17(22-25-15)18(20)8-2-9-18/h4-7,13H,1-3,8-11,20H2. The van der Waals surface area contributed by atoms with E-state index in [1.54, 1.807) is 24.3 Å². The van der Waals surface area contributed by atoms with Gasteiger partial charge in [0.1, 0.15) is 0 Å². The third-order valence-corrected chi connectivity index (χ3v) is 5.53. The summed E-state index contributed by atoms with van der Waals surface area (Å²) in [6, 6.07) is 6.99. The lowest BCUT2D eigenvalue weighted by Gasteiger charge is -2.34. The summed E-state index contributed by atoms with van der Waals surface area (Å²) in [5.41, 5.74) is 6.49. The van der Waals surface area contributed by atoms with Crippen LogP contribution in [0.15, 0.2) is 28.8 Å². The Hall–Kier alpha value is -1.92. The molecule has 25 heavy (non-hydrogen) atoms. The average Bonchev–Trinajstić information content (AvgIpc) is 3.10. The molecule has 1 unspecified atom stereocenters. The zero-order valence-electron chi connectivity index (χ0n) is 13.9. The third kappa shape index (κ3) is 3.16. The first kappa shape index (κ1) is 16.5. The van der Waals surface area contributed by atoms with Gasteiger partial charge in [0.05, 0.1) is 11.5 Å². The molecule has 7 heteroatoms. The fraction of sp³-hybridized carbons (Fsp3) is 0.500. The van der Waals surface area contributed by atoms with E-state index >= 15 is 0 Å². The maximum atomic E-state index is 12.7. The second kappa shape index (κ2) is 6.42. The highest BCUT2D eigenvalue weighted by Gasteiger charge is 2.40. The highest BCUT2D eigenvalue weighted by atomic mass is 35.5. The normalized spacial score (nSPS) is 22.5. The number of hydrogen-bond donors (Lipinski definition) is 1. The number of aromatic nitrogens is 2. The van der Waals surface area contributed by atoms with Crippen LogP contribution in [-0.2, 0) is 5.54 Å². The van der Waals surface area contributed by atoms with Crippen LogP contribution in [0, 0.1) is 0 Å². The molecule has 1 atom stereocenters. The molecule has 1 aliphatic carbocycles. The summed E-state index contributed by atoms with van der Waals surface area (Å²) in [5, 5.41) is 4.72. The fourth-order valence-corrected chi connectivity index (χ4v) is 3.65. The van der Waals surface area contributed by atoms with Crippen molar-refractivity contribution in [3.63, 3.8) is 0 Å². The van der Waals surface area contributed by atoms with Crippen LogP contribution in [0.5, 0.6) is 0 Å². The van der Waals surface area contributed by atoms with Crippen molar-refractivity contribution in [2.24, 2.45) is 5.73 Å². The predicted molar refractivity (Wildman–Crippen MR) is 93.3 cm³/mol. The van der Waals surface area contributed by atoms with Gasteiger partial charge in [0.25, 0.3) is 5.91 Å². The summed E-state index contributed by atoms with van der Waals surface area (Å²) in [6.07, 6.45) is 4.75. The van der Waals surface area contributed by atoms with Gasteiger partial charge in [0.15, 0.2) is 5.82 Å². The first-order chi connectivity index (χ1) is 12.0. The quantitative estimate of drug-likeness (QED) is 0.909. The molecule has 6 nitrogen and oxygen atoms in total. The molecule has 0 bridgehead atoms. The Labute approximate surface area is 151 Å². The van der Waals surface area contributed by atoms with E-state index in [1.165, 1.54) is 0 Å². The lowest BCUT2D eigenvalue weighted by atomic mass is 9.77. The average molecular weight is 361 g/mol. The Kier molecular flexibility index (Phi) is 4.25. The van der Waals surface area contributed by atoms with Crippen LogP contribution in [0.1, 0.15) is 60.1 Å². The van der Waals surface area contributed by atoms with Crippen molar-refractivity contribution in [2.45, 2.75) is 43.6 Å². The molecule has 0 radical (unpaired) electrons. The minimum absolute atomic E-state index is 0.00962. The molecular formula is C18H21ClN4O2. The minimum Gasteiger partial charge on any atom is -0.339 e. The van der Waals surface area contributed by atoms with E-state index in [0.717, 1.165) is 38.6 Å². The van der Waals surface area contributed by atoms with Gasteiger partial charge in [-0.05, 0) is 56.4 Å². The Morgan fingerprint density at radius 1 is 1.28 bits per heavy atom. The number of carbonyl (C=O) groups excluding carboxylic acids is 1. The van der Waals surface area contributed by atoms with Crippen molar-refractivity contribution in [1.29, 1.82) is 0 Å². The number of nitrogens with two attached hydrogens (primary N) is 1. The summed E-state index contributed by atoms with van der Waals surface area (Å²) < 4.78 is 5.48. The maximum absolute atomic E-state index is 12.7. The first-order valence-corrected chi connectivity index (χ1v) is 9.11. The van der Waals surface area contributed by atoms with Crippen LogP contribution < -0.4 is 5.73 Å². The molecule has 0 spiro atoms. The number of piperidine rings is 1. The van der Waals surface area contributed by atoms with Crippen molar-refractivity contribution in [2.75, 3.05) is 13.1 Å². The van der Waals surface area contributed by atoms with E-state index in [1.807, 2.05) is 4.90 Å². The molecule has 1 aromatic heterocycles. The Bertz CT molecular complexity index is 770. The Morgan fingerprint density at radius 2 is 2.04 bits per heavy atom. The predicted octanol–water partition coefficient (Wildman–Crippen LogP) is 3.08. The number of hydrogen-bond acceptors (Lipinski definition) is 5. The van der Waals surface area contributed by atoms with Gasteiger partial charge in [-0.3, -0.25) is 4.79 Å². The molecule has 132 valence electrons. The largest absolute Gasteiger partial charge is 0.339 e. The lowest BCUT2D eigenvalue weighted by Crippen LogP contribution is -2.44. The van der Waals surface area contributed by atoms with E-state index < -0.39 is 5.54 Å². The van der Waals surface area contributed by atoms with Crippen LogP contribution in [0.25, 0.3) is 0 Å². The SMILES string of the molecule is NC1(c2noc(C3CCCN(C(=O)c4ccc(Cl)cc4)C3)n2)CCC1. The van der Waals surface area contributed by atoms with Gasteiger partial charge in [-0.15, -0.1) is 0 Å². The Balaban J connectivity index is 1.47. The van der Waals surface area contributed by atoms with E-state index in [4.69, 9.17) is 21.9 Å².